The molecule has 0 aromatic carbocycles. The van der Waals surface area contributed by atoms with Gasteiger partial charge in [-0.3, -0.25) is 0 Å². The lowest BCUT2D eigenvalue weighted by molar-refractivity contribution is -0.0156. The predicted molar refractivity (Wildman–Crippen MR) is 77.0 cm³/mol. The van der Waals surface area contributed by atoms with E-state index < -0.39 is 0 Å². The van der Waals surface area contributed by atoms with Crippen molar-refractivity contribution >= 4 is 0 Å². The Kier molecular flexibility index (Phi) is 3.15. The van der Waals surface area contributed by atoms with Crippen molar-refractivity contribution in [3.05, 3.63) is 0 Å². The van der Waals surface area contributed by atoms with Gasteiger partial charge in [0.15, 0.2) is 0 Å². The fourth-order valence-corrected chi connectivity index (χ4v) is 5.60. The van der Waals surface area contributed by atoms with E-state index in [0.717, 1.165) is 36.3 Å². The van der Waals surface area contributed by atoms with Crippen LogP contribution in [0.15, 0.2) is 0 Å². The molecule has 0 atom stereocenters. The summed E-state index contributed by atoms with van der Waals surface area (Å²) in [6.45, 7) is 2.21. The lowest BCUT2D eigenvalue weighted by atomic mass is 9.54. The normalized spacial score (nSPS) is 45.6. The van der Waals surface area contributed by atoms with Crippen LogP contribution < -0.4 is 5.32 Å². The Balaban J connectivity index is 1.34. The smallest absolute Gasteiger partial charge is 0.0468 e. The number of hydrogen-bond donors (Lipinski definition) is 1. The SMILES string of the molecule is COCCC1(CNC2C3CC4CC(C3)CC2C4)CC1. The van der Waals surface area contributed by atoms with Gasteiger partial charge in [0, 0.05) is 26.3 Å². The van der Waals surface area contributed by atoms with E-state index in [0.29, 0.717) is 5.41 Å². The summed E-state index contributed by atoms with van der Waals surface area (Å²) in [5, 5.41) is 4.02. The van der Waals surface area contributed by atoms with E-state index in [2.05, 4.69) is 5.32 Å². The molecule has 4 bridgehead atoms. The van der Waals surface area contributed by atoms with Gasteiger partial charge in [-0.25, -0.2) is 0 Å². The van der Waals surface area contributed by atoms with Gasteiger partial charge in [0.2, 0.25) is 0 Å². The van der Waals surface area contributed by atoms with E-state index in [1.165, 1.54) is 51.5 Å². The van der Waals surface area contributed by atoms with Crippen LogP contribution in [-0.2, 0) is 4.74 Å². The largest absolute Gasteiger partial charge is 0.385 e. The van der Waals surface area contributed by atoms with Gasteiger partial charge in [0.1, 0.15) is 0 Å². The van der Waals surface area contributed by atoms with Gasteiger partial charge in [-0.05, 0) is 80.5 Å². The number of hydrogen-bond acceptors (Lipinski definition) is 2. The summed E-state index contributed by atoms with van der Waals surface area (Å²) in [5.74, 6) is 4.25. The van der Waals surface area contributed by atoms with Gasteiger partial charge >= 0.3 is 0 Å². The van der Waals surface area contributed by atoms with E-state index in [9.17, 15) is 0 Å². The fraction of sp³-hybridized carbons (Fsp3) is 1.00. The summed E-state index contributed by atoms with van der Waals surface area (Å²) in [6, 6.07) is 0.868. The maximum Gasteiger partial charge on any atom is 0.0468 e. The molecule has 0 aromatic heterocycles. The molecule has 0 amide bonds. The van der Waals surface area contributed by atoms with Gasteiger partial charge in [0.05, 0.1) is 0 Å². The number of methoxy groups -OCH3 is 1. The third-order valence-corrected chi connectivity index (χ3v) is 6.73. The van der Waals surface area contributed by atoms with E-state index in [4.69, 9.17) is 4.74 Å². The Labute approximate surface area is 117 Å². The molecular formula is C17H29NO. The van der Waals surface area contributed by atoms with Gasteiger partial charge in [-0.1, -0.05) is 0 Å². The molecule has 0 aromatic rings. The Hall–Kier alpha value is -0.0800. The highest BCUT2D eigenvalue weighted by Crippen LogP contribution is 2.54. The first-order valence-corrected chi connectivity index (χ1v) is 8.50. The molecule has 5 fully saturated rings. The van der Waals surface area contributed by atoms with Crippen LogP contribution in [0.25, 0.3) is 0 Å². The monoisotopic (exact) mass is 263 g/mol. The van der Waals surface area contributed by atoms with Crippen molar-refractivity contribution in [1.29, 1.82) is 0 Å². The molecule has 0 aliphatic heterocycles. The highest BCUT2D eigenvalue weighted by molar-refractivity contribution is 5.03. The first-order valence-electron chi connectivity index (χ1n) is 8.50. The molecule has 0 unspecified atom stereocenters. The van der Waals surface area contributed by atoms with Crippen LogP contribution in [0.1, 0.15) is 51.4 Å². The second-order valence-corrected chi connectivity index (χ2v) is 8.08. The first kappa shape index (κ1) is 12.6. The standard InChI is InChI=1S/C17H29NO/c1-19-5-4-17(2-3-17)11-18-16-14-7-12-6-13(9-14)10-15(16)8-12/h12-16,18H,2-11H2,1H3. The first-order chi connectivity index (χ1) is 9.28. The van der Waals surface area contributed by atoms with Crippen LogP contribution >= 0.6 is 0 Å². The summed E-state index contributed by atoms with van der Waals surface area (Å²) >= 11 is 0. The minimum atomic E-state index is 0.616. The highest BCUT2D eigenvalue weighted by Gasteiger charge is 2.49. The van der Waals surface area contributed by atoms with Crippen molar-refractivity contribution in [2.24, 2.45) is 29.1 Å². The van der Waals surface area contributed by atoms with E-state index in [-0.39, 0.29) is 0 Å². The van der Waals surface area contributed by atoms with Crippen molar-refractivity contribution < 1.29 is 4.74 Å². The molecule has 0 heterocycles. The van der Waals surface area contributed by atoms with Crippen LogP contribution in [0.4, 0.5) is 0 Å². The van der Waals surface area contributed by atoms with Crippen molar-refractivity contribution in [2.75, 3.05) is 20.3 Å². The minimum absolute atomic E-state index is 0.616. The Morgan fingerprint density at radius 2 is 1.63 bits per heavy atom. The number of nitrogens with one attached hydrogen (secondary N) is 1. The summed E-state index contributed by atoms with van der Waals surface area (Å²) in [5.41, 5.74) is 0.616. The fourth-order valence-electron chi connectivity index (χ4n) is 5.60. The molecule has 5 saturated carbocycles. The van der Waals surface area contributed by atoms with Gasteiger partial charge in [-0.15, -0.1) is 0 Å². The van der Waals surface area contributed by atoms with Crippen molar-refractivity contribution in [2.45, 2.75) is 57.4 Å². The zero-order valence-electron chi connectivity index (χ0n) is 12.4. The molecule has 108 valence electrons. The van der Waals surface area contributed by atoms with Crippen LogP contribution in [0.5, 0.6) is 0 Å². The van der Waals surface area contributed by atoms with Crippen LogP contribution in [0.3, 0.4) is 0 Å². The van der Waals surface area contributed by atoms with Crippen LogP contribution in [0.2, 0.25) is 0 Å². The van der Waals surface area contributed by atoms with Gasteiger partial charge in [-0.2, -0.15) is 0 Å². The average molecular weight is 263 g/mol. The van der Waals surface area contributed by atoms with Crippen molar-refractivity contribution in [3.8, 4) is 0 Å². The minimum Gasteiger partial charge on any atom is -0.385 e. The number of ether oxygens (including phenoxy) is 1. The van der Waals surface area contributed by atoms with Gasteiger partial charge in [0.25, 0.3) is 0 Å². The molecule has 5 aliphatic carbocycles. The van der Waals surface area contributed by atoms with Crippen molar-refractivity contribution in [3.63, 3.8) is 0 Å². The zero-order valence-corrected chi connectivity index (χ0v) is 12.4. The van der Waals surface area contributed by atoms with E-state index in [1.807, 2.05) is 7.11 Å². The topological polar surface area (TPSA) is 21.3 Å². The van der Waals surface area contributed by atoms with E-state index >= 15 is 0 Å². The highest BCUT2D eigenvalue weighted by atomic mass is 16.5. The Morgan fingerprint density at radius 1 is 1.00 bits per heavy atom. The van der Waals surface area contributed by atoms with E-state index in [1.54, 1.807) is 6.42 Å². The average Bonchev–Trinajstić information content (AvgIpc) is 3.15. The summed E-state index contributed by atoms with van der Waals surface area (Å²) in [7, 11) is 1.83. The summed E-state index contributed by atoms with van der Waals surface area (Å²) in [6.07, 6.45) is 11.8. The zero-order chi connectivity index (χ0) is 12.9. The molecule has 0 radical (unpaired) electrons. The van der Waals surface area contributed by atoms with Gasteiger partial charge < -0.3 is 10.1 Å². The van der Waals surface area contributed by atoms with Crippen LogP contribution in [-0.4, -0.2) is 26.3 Å². The molecule has 5 aliphatic rings. The molecule has 2 nitrogen and oxygen atoms in total. The Bertz CT molecular complexity index is 308. The molecule has 1 N–H and O–H groups in total. The third kappa shape index (κ3) is 2.35. The van der Waals surface area contributed by atoms with Crippen LogP contribution in [0, 0.1) is 29.1 Å². The maximum absolute atomic E-state index is 5.28. The second kappa shape index (κ2) is 4.73. The Morgan fingerprint density at radius 3 is 2.16 bits per heavy atom. The lowest BCUT2D eigenvalue weighted by Gasteiger charge is -2.54. The second-order valence-electron chi connectivity index (χ2n) is 8.08. The maximum atomic E-state index is 5.28. The molecule has 0 spiro atoms. The molecule has 5 rings (SSSR count). The summed E-state index contributed by atoms with van der Waals surface area (Å²) < 4.78 is 5.28. The summed E-state index contributed by atoms with van der Waals surface area (Å²) in [4.78, 5) is 0. The lowest BCUT2D eigenvalue weighted by Crippen LogP contribution is -2.55. The predicted octanol–water partition coefficient (Wildman–Crippen LogP) is 3.22. The molecular weight excluding hydrogens is 234 g/mol. The number of rotatable bonds is 6. The molecule has 0 saturated heterocycles. The quantitative estimate of drug-likeness (QED) is 0.794. The third-order valence-electron chi connectivity index (χ3n) is 6.73. The molecule has 2 heteroatoms. The molecule has 19 heavy (non-hydrogen) atoms. The van der Waals surface area contributed by atoms with Crippen molar-refractivity contribution in [1.82, 2.24) is 5.32 Å².